The molecule has 0 unspecified atom stereocenters. The summed E-state index contributed by atoms with van der Waals surface area (Å²) in [5.41, 5.74) is 2.35. The number of hydrogen-bond donors (Lipinski definition) is 1. The third kappa shape index (κ3) is 9.43. The molecule has 230 valence electrons. The van der Waals surface area contributed by atoms with Gasteiger partial charge in [0, 0.05) is 18.3 Å². The average molecular weight is 609 g/mol. The van der Waals surface area contributed by atoms with E-state index in [0.717, 1.165) is 43.2 Å². The normalized spacial score (nSPS) is 17.5. The number of halogens is 1. The van der Waals surface area contributed by atoms with Crippen molar-refractivity contribution in [2.24, 2.45) is 5.92 Å². The minimum atomic E-state index is -0.919. The monoisotopic (exact) mass is 608 g/mol. The number of aromatic nitrogens is 1. The maximum atomic E-state index is 13.0. The van der Waals surface area contributed by atoms with E-state index in [-0.39, 0.29) is 12.6 Å². The quantitative estimate of drug-likeness (QED) is 0.188. The number of carbonyl (C=O) groups excluding carboxylic acids is 2. The first kappa shape index (κ1) is 32.3. The summed E-state index contributed by atoms with van der Waals surface area (Å²) in [6.07, 6.45) is 4.36. The van der Waals surface area contributed by atoms with Gasteiger partial charge in [0.25, 0.3) is 0 Å². The Balaban J connectivity index is 1.37. The lowest BCUT2D eigenvalue weighted by Crippen LogP contribution is -2.40. The number of hydrogen-bond acceptors (Lipinski definition) is 7. The number of aliphatic hydroxyl groups is 1. The lowest BCUT2D eigenvalue weighted by molar-refractivity contribution is 0.0122. The number of ether oxygens (including phenoxy) is 3. The van der Waals surface area contributed by atoms with Crippen molar-refractivity contribution >= 4 is 23.7 Å². The van der Waals surface area contributed by atoms with Crippen molar-refractivity contribution in [3.8, 4) is 16.9 Å². The number of nitrogens with zero attached hydrogens (tertiary/aromatic N) is 2. The molecule has 1 aromatic heterocycles. The van der Waals surface area contributed by atoms with Gasteiger partial charge in [-0.3, -0.25) is 0 Å². The summed E-state index contributed by atoms with van der Waals surface area (Å²) in [6, 6.07) is 18.9. The number of esters is 1. The van der Waals surface area contributed by atoms with Crippen LogP contribution in [0.25, 0.3) is 11.1 Å². The highest BCUT2D eigenvalue weighted by Crippen LogP contribution is 2.34. The fraction of sp³-hybridized carbons (Fsp3) is 0.441. The molecular weight excluding hydrogens is 568 g/mol. The van der Waals surface area contributed by atoms with E-state index in [1.807, 2.05) is 63.2 Å². The number of methoxy groups -OCH3 is 1. The van der Waals surface area contributed by atoms with E-state index in [1.165, 1.54) is 13.3 Å². The molecule has 8 nitrogen and oxygen atoms in total. The van der Waals surface area contributed by atoms with Crippen LogP contribution < -0.4 is 4.74 Å². The molecule has 2 aromatic carbocycles. The highest BCUT2D eigenvalue weighted by atomic mass is 35.5. The van der Waals surface area contributed by atoms with Gasteiger partial charge in [0.1, 0.15) is 22.1 Å². The Labute approximate surface area is 258 Å². The second-order valence-corrected chi connectivity index (χ2v) is 12.4. The molecular formula is C34H41ClN2O6. The molecule has 0 radical (unpaired) electrons. The number of rotatable bonds is 10. The molecule has 1 atom stereocenters. The molecule has 4 rings (SSSR count). The number of benzene rings is 2. The van der Waals surface area contributed by atoms with Crippen LogP contribution in [0.2, 0.25) is 5.15 Å². The lowest BCUT2D eigenvalue weighted by atomic mass is 9.85. The van der Waals surface area contributed by atoms with Gasteiger partial charge in [0.15, 0.2) is 0 Å². The van der Waals surface area contributed by atoms with Gasteiger partial charge >= 0.3 is 12.1 Å². The molecule has 1 aliphatic rings. The van der Waals surface area contributed by atoms with E-state index < -0.39 is 23.8 Å². The van der Waals surface area contributed by atoms with E-state index >= 15 is 0 Å². The summed E-state index contributed by atoms with van der Waals surface area (Å²) in [5.74, 6) is 0.482. The average Bonchev–Trinajstić information content (AvgIpc) is 2.99. The number of pyridine rings is 1. The molecule has 0 aliphatic heterocycles. The standard InChI is InChI=1S/C34H41ClN2O6/c1-34(2,3)43-33(40)37(22-29(38)26-13-17-31(35)36-21-26)19-18-23-10-14-27(15-11-23)42-30-20-25(24-8-6-5-7-9-24)12-16-28(30)32(39)41-4/h5-9,12-13,16-17,20-21,23,27,29,38H,10-11,14-15,18-19,22H2,1-4H3/t23?,27?,29-/m0/s1. The summed E-state index contributed by atoms with van der Waals surface area (Å²) in [4.78, 5) is 31.1. The lowest BCUT2D eigenvalue weighted by Gasteiger charge is -2.32. The van der Waals surface area contributed by atoms with Gasteiger partial charge < -0.3 is 24.2 Å². The molecule has 0 bridgehead atoms. The summed E-state index contributed by atoms with van der Waals surface area (Å²) in [5, 5.41) is 11.2. The fourth-order valence-corrected chi connectivity index (χ4v) is 5.36. The second kappa shape index (κ2) is 14.7. The zero-order chi connectivity index (χ0) is 31.0. The van der Waals surface area contributed by atoms with E-state index in [1.54, 1.807) is 23.1 Å². The van der Waals surface area contributed by atoms with Crippen molar-refractivity contribution < 1.29 is 28.9 Å². The number of carbonyl (C=O) groups is 2. The molecule has 1 aliphatic carbocycles. The topological polar surface area (TPSA) is 98.2 Å². The summed E-state index contributed by atoms with van der Waals surface area (Å²) >= 11 is 5.89. The van der Waals surface area contributed by atoms with Gasteiger partial charge in [0.2, 0.25) is 0 Å². The van der Waals surface area contributed by atoms with Crippen molar-refractivity contribution in [2.75, 3.05) is 20.2 Å². The summed E-state index contributed by atoms with van der Waals surface area (Å²) in [7, 11) is 1.37. The van der Waals surface area contributed by atoms with Gasteiger partial charge in [-0.15, -0.1) is 0 Å². The largest absolute Gasteiger partial charge is 0.490 e. The molecule has 1 fully saturated rings. The molecule has 1 heterocycles. The van der Waals surface area contributed by atoms with E-state index in [0.29, 0.717) is 34.5 Å². The number of aliphatic hydroxyl groups excluding tert-OH is 1. The van der Waals surface area contributed by atoms with Crippen molar-refractivity contribution in [3.63, 3.8) is 0 Å². The maximum Gasteiger partial charge on any atom is 0.410 e. The van der Waals surface area contributed by atoms with Gasteiger partial charge in [-0.1, -0.05) is 54.1 Å². The SMILES string of the molecule is COC(=O)c1ccc(-c2ccccc2)cc1OC1CCC(CCN(C[C@H](O)c2ccc(Cl)nc2)C(=O)OC(C)(C)C)CC1. The van der Waals surface area contributed by atoms with Crippen LogP contribution in [0, 0.1) is 5.92 Å². The smallest absolute Gasteiger partial charge is 0.410 e. The highest BCUT2D eigenvalue weighted by molar-refractivity contribution is 6.29. The van der Waals surface area contributed by atoms with Crippen LogP contribution >= 0.6 is 11.6 Å². The molecule has 1 N–H and O–H groups in total. The van der Waals surface area contributed by atoms with Gasteiger partial charge in [0.05, 0.1) is 25.9 Å². The molecule has 0 saturated heterocycles. The zero-order valence-electron chi connectivity index (χ0n) is 25.3. The van der Waals surface area contributed by atoms with Gasteiger partial charge in [-0.05, 0) is 88.1 Å². The van der Waals surface area contributed by atoms with Crippen LogP contribution in [-0.2, 0) is 9.47 Å². The molecule has 0 spiro atoms. The summed E-state index contributed by atoms with van der Waals surface area (Å²) < 4.78 is 17.1. The van der Waals surface area contributed by atoms with Crippen molar-refractivity contribution in [3.05, 3.63) is 83.1 Å². The number of amides is 1. The van der Waals surface area contributed by atoms with E-state index in [4.69, 9.17) is 25.8 Å². The Morgan fingerprint density at radius 3 is 2.37 bits per heavy atom. The molecule has 1 amide bonds. The van der Waals surface area contributed by atoms with E-state index in [9.17, 15) is 14.7 Å². The first-order valence-electron chi connectivity index (χ1n) is 14.7. The third-order valence-electron chi connectivity index (χ3n) is 7.57. The Morgan fingerprint density at radius 2 is 1.74 bits per heavy atom. The minimum absolute atomic E-state index is 0.0353. The Hall–Kier alpha value is -3.62. The van der Waals surface area contributed by atoms with Gasteiger partial charge in [-0.2, -0.15) is 0 Å². The molecule has 43 heavy (non-hydrogen) atoms. The van der Waals surface area contributed by atoms with Crippen LogP contribution in [0.3, 0.4) is 0 Å². The van der Waals surface area contributed by atoms with Crippen LogP contribution in [0.5, 0.6) is 5.75 Å². The second-order valence-electron chi connectivity index (χ2n) is 12.0. The van der Waals surface area contributed by atoms with E-state index in [2.05, 4.69) is 4.98 Å². The first-order chi connectivity index (χ1) is 20.5. The van der Waals surface area contributed by atoms with Crippen LogP contribution in [0.4, 0.5) is 4.79 Å². The van der Waals surface area contributed by atoms with Crippen LogP contribution in [0.1, 0.15) is 74.9 Å². The van der Waals surface area contributed by atoms with Crippen molar-refractivity contribution in [1.29, 1.82) is 0 Å². The Morgan fingerprint density at radius 1 is 1.02 bits per heavy atom. The zero-order valence-corrected chi connectivity index (χ0v) is 26.0. The predicted octanol–water partition coefficient (Wildman–Crippen LogP) is 7.49. The Kier molecular flexibility index (Phi) is 11.0. The minimum Gasteiger partial charge on any atom is -0.490 e. The highest BCUT2D eigenvalue weighted by Gasteiger charge is 2.28. The maximum absolute atomic E-state index is 13.0. The van der Waals surface area contributed by atoms with Crippen LogP contribution in [0.15, 0.2) is 66.9 Å². The molecule has 1 saturated carbocycles. The first-order valence-corrected chi connectivity index (χ1v) is 15.1. The van der Waals surface area contributed by atoms with Crippen LogP contribution in [-0.4, -0.2) is 59.0 Å². The third-order valence-corrected chi connectivity index (χ3v) is 7.79. The summed E-state index contributed by atoms with van der Waals surface area (Å²) in [6.45, 7) is 6.01. The van der Waals surface area contributed by atoms with Gasteiger partial charge in [-0.25, -0.2) is 14.6 Å². The predicted molar refractivity (Wildman–Crippen MR) is 166 cm³/mol. The van der Waals surface area contributed by atoms with Crippen molar-refractivity contribution in [2.45, 2.75) is 70.7 Å². The fourth-order valence-electron chi connectivity index (χ4n) is 5.25. The molecule has 9 heteroatoms. The Bertz CT molecular complexity index is 1350. The van der Waals surface area contributed by atoms with Crippen molar-refractivity contribution in [1.82, 2.24) is 9.88 Å². The molecule has 3 aromatic rings.